The number of nitrogens with one attached hydrogen (secondary N) is 1. The molecule has 0 atom stereocenters. The molecule has 144 valence electrons. The van der Waals surface area contributed by atoms with E-state index in [1.165, 1.54) is 12.1 Å². The van der Waals surface area contributed by atoms with Crippen LogP contribution in [0.5, 0.6) is 0 Å². The molecule has 1 saturated heterocycles. The number of aromatic amines is 1. The molecule has 0 aliphatic carbocycles. The minimum atomic E-state index is -0.399. The number of nitrogens with zero attached hydrogens (tertiary/aromatic N) is 3. The van der Waals surface area contributed by atoms with E-state index in [0.29, 0.717) is 37.0 Å². The topological polar surface area (TPSA) is 78.4 Å². The van der Waals surface area contributed by atoms with Crippen molar-refractivity contribution in [3.8, 4) is 0 Å². The van der Waals surface area contributed by atoms with Gasteiger partial charge >= 0.3 is 0 Å². The number of hydrogen-bond acceptors (Lipinski definition) is 4. The molecule has 1 aliphatic heterocycles. The summed E-state index contributed by atoms with van der Waals surface area (Å²) >= 11 is 0. The number of piperazine rings is 1. The van der Waals surface area contributed by atoms with E-state index in [-0.39, 0.29) is 18.3 Å². The first-order valence-corrected chi connectivity index (χ1v) is 9.03. The molecule has 4 rings (SSSR count). The Morgan fingerprint density at radius 3 is 2.25 bits per heavy atom. The highest BCUT2D eigenvalue weighted by Crippen LogP contribution is 2.17. The Balaban J connectivity index is 1.46. The van der Waals surface area contributed by atoms with Crippen molar-refractivity contribution in [1.29, 1.82) is 0 Å². The molecule has 8 heteroatoms. The highest BCUT2D eigenvalue weighted by atomic mass is 19.1. The lowest BCUT2D eigenvalue weighted by molar-refractivity contribution is -0.132. The predicted molar refractivity (Wildman–Crippen MR) is 104 cm³/mol. The van der Waals surface area contributed by atoms with Crippen molar-refractivity contribution in [3.05, 3.63) is 75.1 Å². The van der Waals surface area contributed by atoms with Gasteiger partial charge in [0.15, 0.2) is 0 Å². The molecule has 1 aliphatic rings. The van der Waals surface area contributed by atoms with Crippen LogP contribution in [-0.2, 0) is 11.3 Å². The third-order valence-corrected chi connectivity index (χ3v) is 5.00. The largest absolute Gasteiger partial charge is 0.368 e. The van der Waals surface area contributed by atoms with Gasteiger partial charge in [0.25, 0.3) is 11.1 Å². The van der Waals surface area contributed by atoms with Gasteiger partial charge in [-0.05, 0) is 36.4 Å². The zero-order valence-corrected chi connectivity index (χ0v) is 15.1. The van der Waals surface area contributed by atoms with E-state index in [0.717, 1.165) is 10.4 Å². The fourth-order valence-electron chi connectivity index (χ4n) is 3.46. The Morgan fingerprint density at radius 2 is 1.57 bits per heavy atom. The van der Waals surface area contributed by atoms with Crippen molar-refractivity contribution in [2.45, 2.75) is 6.54 Å². The van der Waals surface area contributed by atoms with Gasteiger partial charge in [-0.1, -0.05) is 12.1 Å². The SMILES string of the molecule is O=C(Cn1[nH]c(=O)c2ccccc2c1=O)N1CCN(c2ccc(F)cc2)CC1. The normalized spacial score (nSPS) is 14.5. The van der Waals surface area contributed by atoms with E-state index < -0.39 is 11.1 Å². The maximum absolute atomic E-state index is 13.1. The van der Waals surface area contributed by atoms with Crippen LogP contribution in [0.1, 0.15) is 0 Å². The first-order chi connectivity index (χ1) is 13.5. The summed E-state index contributed by atoms with van der Waals surface area (Å²) in [6, 6.07) is 12.8. The van der Waals surface area contributed by atoms with E-state index in [2.05, 4.69) is 10.00 Å². The summed E-state index contributed by atoms with van der Waals surface area (Å²) in [4.78, 5) is 41.1. The molecular formula is C20H19FN4O3. The van der Waals surface area contributed by atoms with Crippen LogP contribution in [0.3, 0.4) is 0 Å². The third-order valence-electron chi connectivity index (χ3n) is 5.00. The first kappa shape index (κ1) is 18.0. The van der Waals surface area contributed by atoms with Gasteiger partial charge in [-0.3, -0.25) is 19.5 Å². The fraction of sp³-hybridized carbons (Fsp3) is 0.250. The van der Waals surface area contributed by atoms with E-state index >= 15 is 0 Å². The van der Waals surface area contributed by atoms with Gasteiger partial charge < -0.3 is 9.80 Å². The van der Waals surface area contributed by atoms with Crippen LogP contribution in [-0.4, -0.2) is 46.8 Å². The fourth-order valence-corrected chi connectivity index (χ4v) is 3.46. The molecule has 28 heavy (non-hydrogen) atoms. The van der Waals surface area contributed by atoms with E-state index in [4.69, 9.17) is 0 Å². The van der Waals surface area contributed by atoms with Crippen molar-refractivity contribution in [2.24, 2.45) is 0 Å². The van der Waals surface area contributed by atoms with Gasteiger partial charge in [0.05, 0.1) is 10.8 Å². The summed E-state index contributed by atoms with van der Waals surface area (Å²) in [6.07, 6.45) is 0. The minimum absolute atomic E-state index is 0.213. The molecule has 7 nitrogen and oxygen atoms in total. The van der Waals surface area contributed by atoms with Gasteiger partial charge in [0, 0.05) is 31.9 Å². The number of fused-ring (bicyclic) bond motifs is 1. The Hall–Kier alpha value is -3.42. The number of rotatable bonds is 3. The molecule has 1 N–H and O–H groups in total. The van der Waals surface area contributed by atoms with E-state index in [1.807, 2.05) is 0 Å². The molecule has 0 unspecified atom stereocenters. The van der Waals surface area contributed by atoms with Crippen LogP contribution in [0.15, 0.2) is 58.1 Å². The van der Waals surface area contributed by atoms with E-state index in [9.17, 15) is 18.8 Å². The van der Waals surface area contributed by atoms with Crippen LogP contribution < -0.4 is 16.0 Å². The monoisotopic (exact) mass is 382 g/mol. The number of benzene rings is 2. The minimum Gasteiger partial charge on any atom is -0.368 e. The van der Waals surface area contributed by atoms with Crippen LogP contribution in [0.2, 0.25) is 0 Å². The molecule has 0 spiro atoms. The zero-order valence-electron chi connectivity index (χ0n) is 15.1. The second-order valence-corrected chi connectivity index (χ2v) is 6.72. The van der Waals surface area contributed by atoms with Crippen molar-refractivity contribution < 1.29 is 9.18 Å². The van der Waals surface area contributed by atoms with Crippen LogP contribution in [0, 0.1) is 5.82 Å². The molecule has 0 bridgehead atoms. The molecular weight excluding hydrogens is 363 g/mol. The molecule has 0 saturated carbocycles. The summed E-state index contributed by atoms with van der Waals surface area (Å²) in [6.45, 7) is 1.99. The Kier molecular flexibility index (Phi) is 4.68. The number of carbonyl (C=O) groups is 1. The lowest BCUT2D eigenvalue weighted by Gasteiger charge is -2.36. The van der Waals surface area contributed by atoms with Crippen molar-refractivity contribution in [3.63, 3.8) is 0 Å². The van der Waals surface area contributed by atoms with Gasteiger partial charge in [0.1, 0.15) is 12.4 Å². The highest BCUT2D eigenvalue weighted by Gasteiger charge is 2.22. The van der Waals surface area contributed by atoms with Crippen molar-refractivity contribution in [1.82, 2.24) is 14.7 Å². The average molecular weight is 382 g/mol. The molecule has 3 aromatic rings. The summed E-state index contributed by atoms with van der Waals surface area (Å²) in [5.74, 6) is -0.515. The number of H-pyrrole nitrogens is 1. The highest BCUT2D eigenvalue weighted by molar-refractivity contribution is 5.81. The lowest BCUT2D eigenvalue weighted by atomic mass is 10.2. The van der Waals surface area contributed by atoms with Crippen molar-refractivity contribution >= 4 is 22.4 Å². The average Bonchev–Trinajstić information content (AvgIpc) is 2.72. The summed E-state index contributed by atoms with van der Waals surface area (Å²) < 4.78 is 14.1. The Morgan fingerprint density at radius 1 is 0.929 bits per heavy atom. The summed E-state index contributed by atoms with van der Waals surface area (Å²) in [5, 5.41) is 3.08. The quantitative estimate of drug-likeness (QED) is 0.738. The standard InChI is InChI=1S/C20H19FN4O3/c21-14-5-7-15(8-6-14)23-9-11-24(12-10-23)18(26)13-25-20(28)17-4-2-1-3-16(17)19(27)22-25/h1-8H,9-13H2,(H,22,27). The smallest absolute Gasteiger partial charge is 0.273 e. The van der Waals surface area contributed by atoms with Gasteiger partial charge in [0.2, 0.25) is 5.91 Å². The number of hydrogen-bond donors (Lipinski definition) is 1. The zero-order chi connectivity index (χ0) is 19.7. The lowest BCUT2D eigenvalue weighted by Crippen LogP contribution is -2.50. The van der Waals surface area contributed by atoms with Crippen LogP contribution in [0.25, 0.3) is 10.8 Å². The second-order valence-electron chi connectivity index (χ2n) is 6.72. The summed E-state index contributed by atoms with van der Waals surface area (Å²) in [7, 11) is 0. The van der Waals surface area contributed by atoms with Crippen LogP contribution in [0.4, 0.5) is 10.1 Å². The predicted octanol–water partition coefficient (Wildman–Crippen LogP) is 1.18. The van der Waals surface area contributed by atoms with Gasteiger partial charge in [-0.25, -0.2) is 9.07 Å². The third kappa shape index (κ3) is 3.40. The number of anilines is 1. The first-order valence-electron chi connectivity index (χ1n) is 9.03. The Bertz CT molecular complexity index is 1130. The molecule has 1 aromatic heterocycles. The molecule has 2 heterocycles. The number of aromatic nitrogens is 2. The molecule has 1 amide bonds. The van der Waals surface area contributed by atoms with Crippen LogP contribution >= 0.6 is 0 Å². The van der Waals surface area contributed by atoms with E-state index in [1.54, 1.807) is 41.3 Å². The molecule has 2 aromatic carbocycles. The number of amides is 1. The second kappa shape index (κ2) is 7.30. The maximum atomic E-state index is 13.1. The van der Waals surface area contributed by atoms with Crippen molar-refractivity contribution in [2.75, 3.05) is 31.1 Å². The number of halogens is 1. The molecule has 0 radical (unpaired) electrons. The van der Waals surface area contributed by atoms with Gasteiger partial charge in [-0.2, -0.15) is 0 Å². The van der Waals surface area contributed by atoms with Gasteiger partial charge in [-0.15, -0.1) is 0 Å². The molecule has 1 fully saturated rings. The summed E-state index contributed by atoms with van der Waals surface area (Å²) in [5.41, 5.74) is 0.112. The number of carbonyl (C=O) groups excluding carboxylic acids is 1. The Labute approximate surface area is 159 Å². The maximum Gasteiger partial charge on any atom is 0.273 e.